The second-order valence-corrected chi connectivity index (χ2v) is 6.58. The molecular formula is C14H14F6S. The first-order valence-corrected chi connectivity index (χ1v) is 7.50. The van der Waals surface area contributed by atoms with Gasteiger partial charge >= 0.3 is 12.4 Å². The molecule has 1 fully saturated rings. The van der Waals surface area contributed by atoms with Crippen LogP contribution >= 0.6 is 11.8 Å². The lowest BCUT2D eigenvalue weighted by molar-refractivity contribution is -0.143. The van der Waals surface area contributed by atoms with Gasteiger partial charge in [0.2, 0.25) is 0 Å². The van der Waals surface area contributed by atoms with E-state index in [1.165, 1.54) is 11.8 Å². The van der Waals surface area contributed by atoms with Crippen LogP contribution in [0.15, 0.2) is 18.2 Å². The number of hydrogen-bond donors (Lipinski definition) is 0. The number of hydrogen-bond acceptors (Lipinski definition) is 1. The zero-order valence-corrected chi connectivity index (χ0v) is 12.0. The molecule has 0 nitrogen and oxygen atoms in total. The zero-order valence-electron chi connectivity index (χ0n) is 11.2. The average molecular weight is 328 g/mol. The van der Waals surface area contributed by atoms with E-state index in [2.05, 4.69) is 0 Å². The molecule has 1 saturated heterocycles. The van der Waals surface area contributed by atoms with Gasteiger partial charge in [-0.05, 0) is 43.0 Å². The molecule has 0 bridgehead atoms. The Hall–Kier alpha value is -0.850. The number of halogens is 6. The lowest BCUT2D eigenvalue weighted by Crippen LogP contribution is -2.12. The van der Waals surface area contributed by atoms with E-state index < -0.39 is 23.5 Å². The minimum Gasteiger partial charge on any atom is -0.166 e. The van der Waals surface area contributed by atoms with Crippen LogP contribution in [0.25, 0.3) is 0 Å². The normalized spacial score (nSPS) is 23.6. The third-order valence-corrected chi connectivity index (χ3v) is 5.34. The maximum atomic E-state index is 12.8. The van der Waals surface area contributed by atoms with Crippen molar-refractivity contribution in [1.29, 1.82) is 0 Å². The van der Waals surface area contributed by atoms with Gasteiger partial charge in [0, 0.05) is 10.5 Å². The summed E-state index contributed by atoms with van der Waals surface area (Å²) in [6.45, 7) is 1.97. The predicted molar refractivity (Wildman–Crippen MR) is 70.1 cm³/mol. The Morgan fingerprint density at radius 3 is 1.86 bits per heavy atom. The van der Waals surface area contributed by atoms with Crippen LogP contribution in [-0.2, 0) is 12.4 Å². The molecule has 0 aliphatic carbocycles. The molecule has 1 aromatic rings. The van der Waals surface area contributed by atoms with Crippen molar-refractivity contribution in [3.8, 4) is 0 Å². The molecule has 0 spiro atoms. The molecule has 2 rings (SSSR count). The summed E-state index contributed by atoms with van der Waals surface area (Å²) < 4.78 is 76.8. The van der Waals surface area contributed by atoms with Crippen molar-refractivity contribution in [2.24, 2.45) is 0 Å². The quantitative estimate of drug-likeness (QED) is 0.594. The van der Waals surface area contributed by atoms with Crippen molar-refractivity contribution in [2.45, 2.75) is 49.0 Å². The summed E-state index contributed by atoms with van der Waals surface area (Å²) >= 11 is 1.47. The van der Waals surface area contributed by atoms with Crippen molar-refractivity contribution in [3.63, 3.8) is 0 Å². The van der Waals surface area contributed by atoms with Gasteiger partial charge in [0.25, 0.3) is 0 Å². The van der Waals surface area contributed by atoms with Crippen LogP contribution < -0.4 is 0 Å². The number of thioether (sulfide) groups is 1. The second-order valence-electron chi connectivity index (χ2n) is 5.07. The minimum absolute atomic E-state index is 0.123. The summed E-state index contributed by atoms with van der Waals surface area (Å²) in [6, 6.07) is 1.89. The van der Waals surface area contributed by atoms with Crippen LogP contribution in [0.3, 0.4) is 0 Å². The number of alkyl halides is 6. The second kappa shape index (κ2) is 5.74. The lowest BCUT2D eigenvalue weighted by Gasteiger charge is -2.17. The van der Waals surface area contributed by atoms with Crippen LogP contribution in [0, 0.1) is 0 Å². The van der Waals surface area contributed by atoms with E-state index in [4.69, 9.17) is 0 Å². The fraction of sp³-hybridized carbons (Fsp3) is 0.571. The van der Waals surface area contributed by atoms with Gasteiger partial charge in [-0.25, -0.2) is 0 Å². The van der Waals surface area contributed by atoms with Crippen molar-refractivity contribution in [2.75, 3.05) is 0 Å². The molecule has 7 heteroatoms. The van der Waals surface area contributed by atoms with Gasteiger partial charge in [0.05, 0.1) is 11.1 Å². The molecule has 1 heterocycles. The first-order valence-electron chi connectivity index (χ1n) is 6.56. The van der Waals surface area contributed by atoms with Crippen LogP contribution in [0.2, 0.25) is 0 Å². The van der Waals surface area contributed by atoms with E-state index in [9.17, 15) is 26.3 Å². The third kappa shape index (κ3) is 3.87. The molecule has 1 aliphatic rings. The van der Waals surface area contributed by atoms with Gasteiger partial charge < -0.3 is 0 Å². The zero-order chi connectivity index (χ0) is 15.8. The fourth-order valence-electron chi connectivity index (χ4n) is 2.42. The topological polar surface area (TPSA) is 0 Å². The van der Waals surface area contributed by atoms with Crippen molar-refractivity contribution < 1.29 is 26.3 Å². The molecule has 21 heavy (non-hydrogen) atoms. The highest BCUT2D eigenvalue weighted by atomic mass is 32.2. The predicted octanol–water partition coefficient (Wildman–Crippen LogP) is 6.07. The maximum absolute atomic E-state index is 12.8. The molecule has 1 aliphatic heterocycles. The Morgan fingerprint density at radius 2 is 1.48 bits per heavy atom. The maximum Gasteiger partial charge on any atom is 0.416 e. The molecule has 0 amide bonds. The van der Waals surface area contributed by atoms with E-state index in [1.807, 2.05) is 6.92 Å². The van der Waals surface area contributed by atoms with Crippen LogP contribution in [0.4, 0.5) is 26.3 Å². The van der Waals surface area contributed by atoms with E-state index in [0.29, 0.717) is 11.7 Å². The highest BCUT2D eigenvalue weighted by Crippen LogP contribution is 2.48. The number of benzene rings is 1. The molecule has 0 N–H and O–H groups in total. The molecule has 2 unspecified atom stereocenters. The van der Waals surface area contributed by atoms with Gasteiger partial charge in [-0.1, -0.05) is 6.92 Å². The average Bonchev–Trinajstić information content (AvgIpc) is 2.85. The first-order chi connectivity index (χ1) is 9.61. The standard InChI is InChI=1S/C14H14F6S/c1-2-11-3-4-12(21-11)8-5-9(13(15,16)17)7-10(6-8)14(18,19)20/h5-7,11-12H,2-4H2,1H3. The molecule has 2 atom stereocenters. The first kappa shape index (κ1) is 16.5. The van der Waals surface area contributed by atoms with Crippen molar-refractivity contribution in [3.05, 3.63) is 34.9 Å². The Bertz CT molecular complexity index is 473. The highest BCUT2D eigenvalue weighted by molar-refractivity contribution is 8.00. The Morgan fingerprint density at radius 1 is 0.952 bits per heavy atom. The van der Waals surface area contributed by atoms with Gasteiger partial charge in [-0.2, -0.15) is 38.1 Å². The minimum atomic E-state index is -4.77. The molecule has 0 saturated carbocycles. The summed E-state index contributed by atoms with van der Waals surface area (Å²) in [5.41, 5.74) is -2.33. The number of rotatable bonds is 2. The van der Waals surface area contributed by atoms with Crippen molar-refractivity contribution in [1.82, 2.24) is 0 Å². The molecule has 0 aromatic heterocycles. The van der Waals surface area contributed by atoms with E-state index in [0.717, 1.165) is 25.0 Å². The smallest absolute Gasteiger partial charge is 0.166 e. The molecule has 1 aromatic carbocycles. The van der Waals surface area contributed by atoms with Gasteiger partial charge in [0.1, 0.15) is 0 Å². The molecule has 0 radical (unpaired) electrons. The van der Waals surface area contributed by atoms with Gasteiger partial charge in [-0.3, -0.25) is 0 Å². The summed E-state index contributed by atoms with van der Waals surface area (Å²) in [6.07, 6.45) is -7.25. The largest absolute Gasteiger partial charge is 0.416 e. The lowest BCUT2D eigenvalue weighted by atomic mass is 10.00. The van der Waals surface area contributed by atoms with Gasteiger partial charge in [0.15, 0.2) is 0 Å². The van der Waals surface area contributed by atoms with Gasteiger partial charge in [-0.15, -0.1) is 0 Å². The Labute approximate surface area is 122 Å². The van der Waals surface area contributed by atoms with E-state index in [-0.39, 0.29) is 16.9 Å². The highest BCUT2D eigenvalue weighted by Gasteiger charge is 2.38. The summed E-state index contributed by atoms with van der Waals surface area (Å²) in [5.74, 6) is 0. The summed E-state index contributed by atoms with van der Waals surface area (Å²) in [4.78, 5) is 0. The van der Waals surface area contributed by atoms with Crippen LogP contribution in [-0.4, -0.2) is 5.25 Å². The van der Waals surface area contributed by atoms with Crippen molar-refractivity contribution >= 4 is 11.8 Å². The third-order valence-electron chi connectivity index (χ3n) is 3.54. The van der Waals surface area contributed by atoms with E-state index in [1.54, 1.807) is 0 Å². The summed E-state index contributed by atoms with van der Waals surface area (Å²) in [5, 5.41) is 0.0113. The summed E-state index contributed by atoms with van der Waals surface area (Å²) in [7, 11) is 0. The monoisotopic (exact) mass is 328 g/mol. The Kier molecular flexibility index (Phi) is 4.52. The molecular weight excluding hydrogens is 314 g/mol. The van der Waals surface area contributed by atoms with E-state index >= 15 is 0 Å². The SMILES string of the molecule is CCC1CCC(c2cc(C(F)(F)F)cc(C(F)(F)F)c2)S1. The fourth-order valence-corrected chi connectivity index (χ4v) is 3.91. The van der Waals surface area contributed by atoms with Crippen LogP contribution in [0.1, 0.15) is 48.1 Å². The molecule has 118 valence electrons. The van der Waals surface area contributed by atoms with Crippen LogP contribution in [0.5, 0.6) is 0 Å². The Balaban J connectivity index is 2.41.